The van der Waals surface area contributed by atoms with Gasteiger partial charge in [-0.1, -0.05) is 39.0 Å². The molecule has 19 heavy (non-hydrogen) atoms. The fraction of sp³-hybridized carbons (Fsp3) is 0.643. The third-order valence-electron chi connectivity index (χ3n) is 3.15. The Kier molecular flexibility index (Phi) is 4.45. The zero-order valence-corrected chi connectivity index (χ0v) is 13.2. The lowest BCUT2D eigenvalue weighted by atomic mass is 10.1. The Morgan fingerprint density at radius 2 is 1.95 bits per heavy atom. The number of nitrogens with zero attached hydrogens (tertiary/aromatic N) is 4. The predicted molar refractivity (Wildman–Crippen MR) is 79.9 cm³/mol. The number of thioether (sulfide) groups is 1. The summed E-state index contributed by atoms with van der Waals surface area (Å²) in [4.78, 5) is 9.09. The van der Waals surface area contributed by atoms with Gasteiger partial charge in [0.05, 0.1) is 0 Å². The minimum Gasteiger partial charge on any atom is -0.216 e. The summed E-state index contributed by atoms with van der Waals surface area (Å²) in [6, 6.07) is 0. The summed E-state index contributed by atoms with van der Waals surface area (Å²) in [5.74, 6) is 0.721. The largest absolute Gasteiger partial charge is 0.253 e. The third-order valence-corrected chi connectivity index (χ3v) is 4.01. The van der Waals surface area contributed by atoms with Crippen LogP contribution < -0.4 is 0 Å². The molecule has 0 radical (unpaired) electrons. The zero-order chi connectivity index (χ0) is 14.0. The summed E-state index contributed by atoms with van der Waals surface area (Å²) in [5, 5.41) is 5.87. The van der Waals surface area contributed by atoms with Crippen LogP contribution in [0.3, 0.4) is 0 Å². The number of unbranched alkanes of at least 4 members (excludes halogenated alkanes) is 1. The van der Waals surface area contributed by atoms with E-state index in [1.807, 2.05) is 4.52 Å². The van der Waals surface area contributed by atoms with E-state index < -0.39 is 0 Å². The molecule has 2 aromatic heterocycles. The van der Waals surface area contributed by atoms with Gasteiger partial charge in [-0.05, 0) is 32.3 Å². The molecule has 2 rings (SSSR count). The van der Waals surface area contributed by atoms with Crippen LogP contribution in [0.5, 0.6) is 0 Å². The van der Waals surface area contributed by atoms with Crippen LogP contribution in [-0.2, 0) is 6.42 Å². The Morgan fingerprint density at radius 3 is 2.58 bits per heavy atom. The Morgan fingerprint density at radius 1 is 1.21 bits per heavy atom. The van der Waals surface area contributed by atoms with E-state index in [1.165, 1.54) is 24.1 Å². The fourth-order valence-electron chi connectivity index (χ4n) is 2.17. The van der Waals surface area contributed by atoms with E-state index in [-0.39, 0.29) is 0 Å². The first-order valence-corrected chi connectivity index (χ1v) is 7.80. The quantitative estimate of drug-likeness (QED) is 0.784. The van der Waals surface area contributed by atoms with Gasteiger partial charge >= 0.3 is 0 Å². The van der Waals surface area contributed by atoms with E-state index in [1.54, 1.807) is 11.8 Å². The molecule has 0 saturated carbocycles. The average molecular weight is 278 g/mol. The first-order valence-electron chi connectivity index (χ1n) is 6.92. The predicted octanol–water partition coefficient (Wildman–Crippen LogP) is 3.58. The third kappa shape index (κ3) is 3.08. The number of aryl methyl sites for hydroxylation is 2. The van der Waals surface area contributed by atoms with Gasteiger partial charge < -0.3 is 0 Å². The minimum atomic E-state index is 0.485. The molecule has 104 valence electrons. The van der Waals surface area contributed by atoms with E-state index >= 15 is 0 Å². The molecule has 0 aromatic carbocycles. The van der Waals surface area contributed by atoms with Gasteiger partial charge in [0.25, 0.3) is 5.78 Å². The summed E-state index contributed by atoms with van der Waals surface area (Å²) in [5.41, 5.74) is 3.59. The van der Waals surface area contributed by atoms with Gasteiger partial charge in [0, 0.05) is 16.6 Å². The van der Waals surface area contributed by atoms with Crippen molar-refractivity contribution in [3.05, 3.63) is 17.0 Å². The van der Waals surface area contributed by atoms with Gasteiger partial charge in [-0.2, -0.15) is 4.98 Å². The maximum Gasteiger partial charge on any atom is 0.253 e. The molecule has 0 N–H and O–H groups in total. The fourth-order valence-corrected chi connectivity index (χ4v) is 2.85. The number of aromatic nitrogens is 4. The maximum absolute atomic E-state index is 4.59. The topological polar surface area (TPSA) is 43.1 Å². The summed E-state index contributed by atoms with van der Waals surface area (Å²) in [6.45, 7) is 10.7. The SMILES string of the molecule is CCCCc1c(C)nc2nc(SC(C)C)nn2c1C. The Bertz CT molecular complexity index is 574. The molecule has 0 aliphatic carbocycles. The van der Waals surface area contributed by atoms with Crippen LogP contribution in [0.4, 0.5) is 0 Å². The van der Waals surface area contributed by atoms with Crippen molar-refractivity contribution in [1.29, 1.82) is 0 Å². The van der Waals surface area contributed by atoms with E-state index in [4.69, 9.17) is 0 Å². The molecule has 0 aliphatic heterocycles. The van der Waals surface area contributed by atoms with Crippen LogP contribution >= 0.6 is 11.8 Å². The monoisotopic (exact) mass is 278 g/mol. The van der Waals surface area contributed by atoms with Crippen LogP contribution in [0.25, 0.3) is 5.78 Å². The molecular formula is C14H22N4S. The highest BCUT2D eigenvalue weighted by Gasteiger charge is 2.13. The summed E-state index contributed by atoms with van der Waals surface area (Å²) in [7, 11) is 0. The van der Waals surface area contributed by atoms with Gasteiger partial charge in [0.1, 0.15) is 0 Å². The second kappa shape index (κ2) is 5.90. The standard InChI is InChI=1S/C14H22N4S/c1-6-7-8-12-10(4)15-13-16-14(19-9(2)3)17-18(13)11(12)5/h9H,6-8H2,1-5H3. The van der Waals surface area contributed by atoms with E-state index in [2.05, 4.69) is 49.7 Å². The molecule has 2 aromatic rings. The van der Waals surface area contributed by atoms with Gasteiger partial charge in [0.15, 0.2) is 0 Å². The van der Waals surface area contributed by atoms with Crippen molar-refractivity contribution in [3.63, 3.8) is 0 Å². The first-order chi connectivity index (χ1) is 9.02. The molecule has 5 heteroatoms. The van der Waals surface area contributed by atoms with Gasteiger partial charge in [0.2, 0.25) is 5.16 Å². The smallest absolute Gasteiger partial charge is 0.216 e. The highest BCUT2D eigenvalue weighted by molar-refractivity contribution is 7.99. The Labute approximate surface area is 119 Å². The number of fused-ring (bicyclic) bond motifs is 1. The minimum absolute atomic E-state index is 0.485. The molecule has 0 atom stereocenters. The van der Waals surface area contributed by atoms with Crippen molar-refractivity contribution in [1.82, 2.24) is 19.6 Å². The summed E-state index contributed by atoms with van der Waals surface area (Å²) in [6.07, 6.45) is 3.46. The number of hydrogen-bond acceptors (Lipinski definition) is 4. The number of hydrogen-bond donors (Lipinski definition) is 0. The normalized spacial score (nSPS) is 11.7. The summed E-state index contributed by atoms with van der Waals surface area (Å²) < 4.78 is 1.89. The second-order valence-electron chi connectivity index (χ2n) is 5.14. The van der Waals surface area contributed by atoms with Gasteiger partial charge in [-0.3, -0.25) is 0 Å². The van der Waals surface area contributed by atoms with Crippen molar-refractivity contribution >= 4 is 17.5 Å². The maximum atomic E-state index is 4.59. The molecule has 0 aliphatic rings. The first kappa shape index (κ1) is 14.3. The van der Waals surface area contributed by atoms with Crippen molar-refractivity contribution in [2.24, 2.45) is 0 Å². The molecular weight excluding hydrogens is 256 g/mol. The molecule has 0 amide bonds. The van der Waals surface area contributed by atoms with E-state index in [0.29, 0.717) is 5.25 Å². The highest BCUT2D eigenvalue weighted by Crippen LogP contribution is 2.22. The van der Waals surface area contributed by atoms with Crippen molar-refractivity contribution in [2.45, 2.75) is 64.3 Å². The van der Waals surface area contributed by atoms with Crippen LogP contribution in [-0.4, -0.2) is 24.8 Å². The molecule has 0 bridgehead atoms. The molecule has 0 saturated heterocycles. The highest BCUT2D eigenvalue weighted by atomic mass is 32.2. The number of rotatable bonds is 5. The lowest BCUT2D eigenvalue weighted by molar-refractivity contribution is 0.753. The zero-order valence-electron chi connectivity index (χ0n) is 12.4. The van der Waals surface area contributed by atoms with Crippen LogP contribution in [0.15, 0.2) is 5.16 Å². The molecule has 0 unspecified atom stereocenters. The average Bonchev–Trinajstić information content (AvgIpc) is 2.70. The molecule has 0 spiro atoms. The van der Waals surface area contributed by atoms with Crippen LogP contribution in [0, 0.1) is 13.8 Å². The van der Waals surface area contributed by atoms with Gasteiger partial charge in [-0.15, -0.1) is 5.10 Å². The van der Waals surface area contributed by atoms with Gasteiger partial charge in [-0.25, -0.2) is 9.50 Å². The van der Waals surface area contributed by atoms with Crippen molar-refractivity contribution < 1.29 is 0 Å². The Balaban J connectivity index is 2.44. The lowest BCUT2D eigenvalue weighted by Crippen LogP contribution is -2.05. The Hall–Kier alpha value is -1.10. The van der Waals surface area contributed by atoms with Crippen LogP contribution in [0.1, 0.15) is 50.6 Å². The molecule has 0 fully saturated rings. The van der Waals surface area contributed by atoms with Crippen molar-refractivity contribution in [2.75, 3.05) is 0 Å². The molecule has 4 nitrogen and oxygen atoms in total. The van der Waals surface area contributed by atoms with E-state index in [0.717, 1.165) is 23.0 Å². The van der Waals surface area contributed by atoms with Crippen LogP contribution in [0.2, 0.25) is 0 Å². The van der Waals surface area contributed by atoms with Crippen molar-refractivity contribution in [3.8, 4) is 0 Å². The molecule has 2 heterocycles. The summed E-state index contributed by atoms with van der Waals surface area (Å²) >= 11 is 1.68. The van der Waals surface area contributed by atoms with E-state index in [9.17, 15) is 0 Å². The second-order valence-corrected chi connectivity index (χ2v) is 6.68. The lowest BCUT2D eigenvalue weighted by Gasteiger charge is -2.09.